The van der Waals surface area contributed by atoms with Crippen LogP contribution in [0.15, 0.2) is 48.5 Å². The molecule has 0 aliphatic carbocycles. The second kappa shape index (κ2) is 7.49. The van der Waals surface area contributed by atoms with Gasteiger partial charge in [-0.3, -0.25) is 0 Å². The number of aryl methyl sites for hydroxylation is 2. The number of hydrogen-bond donors (Lipinski definition) is 1. The Bertz CT molecular complexity index is 808. The summed E-state index contributed by atoms with van der Waals surface area (Å²) in [6.45, 7) is 5.69. The largest absolute Gasteiger partial charge is 0.493 e. The molecule has 3 rings (SSSR count). The third kappa shape index (κ3) is 3.60. The summed E-state index contributed by atoms with van der Waals surface area (Å²) in [5.74, 6) is 1.93. The smallest absolute Gasteiger partial charge is 0.126 e. The van der Waals surface area contributed by atoms with Crippen LogP contribution in [0.4, 0.5) is 0 Å². The predicted octanol–water partition coefficient (Wildman–Crippen LogP) is 4.22. The average Bonchev–Trinajstić information content (AvgIpc) is 2.95. The normalized spacial score (nSPS) is 12.5. The number of nitrogens with zero attached hydrogens (tertiary/aromatic N) is 2. The molecule has 0 amide bonds. The summed E-state index contributed by atoms with van der Waals surface area (Å²) < 4.78 is 8.12. The second-order valence-electron chi connectivity index (χ2n) is 6.22. The molecule has 1 heterocycles. The Balaban J connectivity index is 1.60. The van der Waals surface area contributed by atoms with Crippen LogP contribution in [-0.2, 0) is 6.54 Å². The number of benzene rings is 2. The molecule has 3 aromatic rings. The van der Waals surface area contributed by atoms with Crippen LogP contribution in [0, 0.1) is 6.92 Å². The van der Waals surface area contributed by atoms with E-state index in [9.17, 15) is 0 Å². The van der Waals surface area contributed by atoms with Crippen molar-refractivity contribution in [3.05, 3.63) is 59.9 Å². The van der Waals surface area contributed by atoms with Crippen LogP contribution in [-0.4, -0.2) is 16.2 Å². The van der Waals surface area contributed by atoms with Crippen molar-refractivity contribution >= 4 is 11.0 Å². The van der Waals surface area contributed by atoms with E-state index in [1.165, 1.54) is 5.56 Å². The lowest BCUT2D eigenvalue weighted by Gasteiger charge is -2.12. The first kappa shape index (κ1) is 16.5. The Morgan fingerprint density at radius 1 is 1.08 bits per heavy atom. The zero-order valence-electron chi connectivity index (χ0n) is 14.4. The molecule has 2 N–H and O–H groups in total. The summed E-state index contributed by atoms with van der Waals surface area (Å²) in [5, 5.41) is 0. The molecule has 0 fully saturated rings. The highest BCUT2D eigenvalue weighted by Gasteiger charge is 2.13. The molecule has 0 bridgehead atoms. The molecule has 1 unspecified atom stereocenters. The summed E-state index contributed by atoms with van der Waals surface area (Å²) in [6, 6.07) is 16.3. The molecule has 1 atom stereocenters. The van der Waals surface area contributed by atoms with Gasteiger partial charge in [0, 0.05) is 6.54 Å². The van der Waals surface area contributed by atoms with Gasteiger partial charge in [-0.1, -0.05) is 30.3 Å². The molecule has 126 valence electrons. The van der Waals surface area contributed by atoms with Crippen LogP contribution in [0.2, 0.25) is 0 Å². The van der Waals surface area contributed by atoms with E-state index >= 15 is 0 Å². The summed E-state index contributed by atoms with van der Waals surface area (Å²) >= 11 is 0. The Morgan fingerprint density at radius 3 is 2.62 bits per heavy atom. The SMILES string of the molecule is Cc1ccccc1OCCCCn1c(C(C)N)nc2ccccc21. The number of imidazole rings is 1. The van der Waals surface area contributed by atoms with Crippen LogP contribution in [0.1, 0.15) is 37.2 Å². The number of ether oxygens (including phenoxy) is 1. The van der Waals surface area contributed by atoms with E-state index in [1.54, 1.807) is 0 Å². The minimum atomic E-state index is -0.0689. The molecule has 0 spiro atoms. The zero-order valence-corrected chi connectivity index (χ0v) is 14.4. The fraction of sp³-hybridized carbons (Fsp3) is 0.350. The van der Waals surface area contributed by atoms with Gasteiger partial charge in [-0.2, -0.15) is 0 Å². The maximum absolute atomic E-state index is 6.09. The topological polar surface area (TPSA) is 53.1 Å². The number of rotatable bonds is 7. The average molecular weight is 323 g/mol. The van der Waals surface area contributed by atoms with Crippen molar-refractivity contribution in [2.24, 2.45) is 5.73 Å². The van der Waals surface area contributed by atoms with E-state index < -0.39 is 0 Å². The Morgan fingerprint density at radius 2 is 1.83 bits per heavy atom. The van der Waals surface area contributed by atoms with E-state index in [0.717, 1.165) is 48.6 Å². The summed E-state index contributed by atoms with van der Waals surface area (Å²) in [5.41, 5.74) is 9.44. The van der Waals surface area contributed by atoms with Crippen LogP contribution in [0.3, 0.4) is 0 Å². The fourth-order valence-electron chi connectivity index (χ4n) is 2.95. The molecule has 1 aromatic heterocycles. The monoisotopic (exact) mass is 323 g/mol. The minimum Gasteiger partial charge on any atom is -0.493 e. The number of unbranched alkanes of at least 4 members (excludes halogenated alkanes) is 1. The highest BCUT2D eigenvalue weighted by atomic mass is 16.5. The summed E-state index contributed by atoms with van der Waals surface area (Å²) in [4.78, 5) is 4.68. The van der Waals surface area contributed by atoms with Crippen LogP contribution in [0.5, 0.6) is 5.75 Å². The molecule has 0 aliphatic rings. The van der Waals surface area contributed by atoms with Crippen molar-refractivity contribution in [3.63, 3.8) is 0 Å². The Hall–Kier alpha value is -2.33. The van der Waals surface area contributed by atoms with Gasteiger partial charge >= 0.3 is 0 Å². The van der Waals surface area contributed by atoms with Crippen LogP contribution < -0.4 is 10.5 Å². The molecule has 4 nitrogen and oxygen atoms in total. The van der Waals surface area contributed by atoms with Gasteiger partial charge in [-0.25, -0.2) is 4.98 Å². The number of fused-ring (bicyclic) bond motifs is 1. The van der Waals surface area contributed by atoms with Crippen LogP contribution in [0.25, 0.3) is 11.0 Å². The van der Waals surface area contributed by atoms with E-state index in [2.05, 4.69) is 28.6 Å². The van der Waals surface area contributed by atoms with Crippen molar-refractivity contribution in [2.75, 3.05) is 6.61 Å². The quantitative estimate of drug-likeness (QED) is 0.662. The standard InChI is InChI=1S/C20H25N3O/c1-15-9-3-6-12-19(15)24-14-8-7-13-23-18-11-5-4-10-17(18)22-20(23)16(2)21/h3-6,9-12,16H,7-8,13-14,21H2,1-2H3. The molecule has 2 aromatic carbocycles. The number of aromatic nitrogens is 2. The van der Waals surface area contributed by atoms with Gasteiger partial charge in [0.15, 0.2) is 0 Å². The molecule has 0 aliphatic heterocycles. The molecule has 0 saturated heterocycles. The van der Waals surface area contributed by atoms with Crippen molar-refractivity contribution < 1.29 is 4.74 Å². The van der Waals surface area contributed by atoms with Crippen molar-refractivity contribution in [1.82, 2.24) is 9.55 Å². The van der Waals surface area contributed by atoms with E-state index in [4.69, 9.17) is 10.5 Å². The summed E-state index contributed by atoms with van der Waals surface area (Å²) in [7, 11) is 0. The van der Waals surface area contributed by atoms with Gasteiger partial charge < -0.3 is 15.0 Å². The molecular weight excluding hydrogens is 298 g/mol. The lowest BCUT2D eigenvalue weighted by Crippen LogP contribution is -2.14. The van der Waals surface area contributed by atoms with Crippen LogP contribution >= 0.6 is 0 Å². The highest BCUT2D eigenvalue weighted by molar-refractivity contribution is 5.76. The number of para-hydroxylation sites is 3. The number of nitrogens with two attached hydrogens (primary N) is 1. The highest BCUT2D eigenvalue weighted by Crippen LogP contribution is 2.21. The predicted molar refractivity (Wildman–Crippen MR) is 98.2 cm³/mol. The van der Waals surface area contributed by atoms with Gasteiger partial charge in [0.1, 0.15) is 11.6 Å². The first-order valence-electron chi connectivity index (χ1n) is 8.56. The molecule has 0 radical (unpaired) electrons. The van der Waals surface area contributed by atoms with Gasteiger partial charge in [0.2, 0.25) is 0 Å². The molecular formula is C20H25N3O. The van der Waals surface area contributed by atoms with Gasteiger partial charge in [-0.15, -0.1) is 0 Å². The lowest BCUT2D eigenvalue weighted by atomic mass is 10.2. The maximum Gasteiger partial charge on any atom is 0.126 e. The molecule has 0 saturated carbocycles. The third-order valence-electron chi connectivity index (χ3n) is 4.22. The third-order valence-corrected chi connectivity index (χ3v) is 4.22. The lowest BCUT2D eigenvalue weighted by molar-refractivity contribution is 0.301. The minimum absolute atomic E-state index is 0.0689. The number of hydrogen-bond acceptors (Lipinski definition) is 3. The first-order chi connectivity index (χ1) is 11.7. The maximum atomic E-state index is 6.09. The van der Waals surface area contributed by atoms with Crippen molar-refractivity contribution in [3.8, 4) is 5.75 Å². The van der Waals surface area contributed by atoms with E-state index in [-0.39, 0.29) is 6.04 Å². The van der Waals surface area contributed by atoms with Gasteiger partial charge in [-0.05, 0) is 50.5 Å². The van der Waals surface area contributed by atoms with Gasteiger partial charge in [0.05, 0.1) is 23.7 Å². The van der Waals surface area contributed by atoms with Gasteiger partial charge in [0.25, 0.3) is 0 Å². The zero-order chi connectivity index (χ0) is 16.9. The summed E-state index contributed by atoms with van der Waals surface area (Å²) in [6.07, 6.45) is 2.03. The molecule has 24 heavy (non-hydrogen) atoms. The fourth-order valence-corrected chi connectivity index (χ4v) is 2.95. The first-order valence-corrected chi connectivity index (χ1v) is 8.56. The second-order valence-corrected chi connectivity index (χ2v) is 6.22. The van der Waals surface area contributed by atoms with E-state index in [1.807, 2.05) is 43.3 Å². The van der Waals surface area contributed by atoms with Crippen molar-refractivity contribution in [1.29, 1.82) is 0 Å². The van der Waals surface area contributed by atoms with E-state index in [0.29, 0.717) is 0 Å². The molecule has 4 heteroatoms. The Kier molecular flexibility index (Phi) is 5.16. The van der Waals surface area contributed by atoms with Crippen molar-refractivity contribution in [2.45, 2.75) is 39.3 Å². The Labute approximate surface area is 143 Å².